The number of hydrogen-bond donors (Lipinski definition) is 2. The summed E-state index contributed by atoms with van der Waals surface area (Å²) in [5.41, 5.74) is -0.265. The van der Waals surface area contributed by atoms with Crippen molar-refractivity contribution >= 4 is 40.4 Å². The van der Waals surface area contributed by atoms with E-state index in [0.29, 0.717) is 0 Å². The summed E-state index contributed by atoms with van der Waals surface area (Å²) in [5.74, 6) is -2.84. The van der Waals surface area contributed by atoms with Gasteiger partial charge in [0, 0.05) is 25.1 Å². The van der Waals surface area contributed by atoms with Crippen molar-refractivity contribution in [2.24, 2.45) is 0 Å². The Morgan fingerprint density at radius 1 is 1.23 bits per heavy atom. The van der Waals surface area contributed by atoms with E-state index >= 15 is 0 Å². The van der Waals surface area contributed by atoms with Crippen molar-refractivity contribution in [3.8, 4) is 0 Å². The van der Waals surface area contributed by atoms with Gasteiger partial charge in [0.05, 0.1) is 16.8 Å². The summed E-state index contributed by atoms with van der Waals surface area (Å²) in [6.07, 6.45) is 0.143. The molecular formula is C14H13NO6S. The minimum Gasteiger partial charge on any atom is -0.478 e. The maximum absolute atomic E-state index is 12.1. The fourth-order valence-corrected chi connectivity index (χ4v) is 3.22. The average molecular weight is 323 g/mol. The molecule has 1 unspecified atom stereocenters. The molecule has 1 saturated heterocycles. The predicted octanol–water partition coefficient (Wildman–Crippen LogP) is 1.47. The highest BCUT2D eigenvalue weighted by molar-refractivity contribution is 8.14. The van der Waals surface area contributed by atoms with Crippen LogP contribution in [-0.4, -0.2) is 45.0 Å². The van der Waals surface area contributed by atoms with Gasteiger partial charge in [-0.25, -0.2) is 9.59 Å². The SMILES string of the molecule is CC(=O)SC1CC(=O)N(c2ccc(C(=O)O)cc2C(=O)O)C1. The van der Waals surface area contributed by atoms with Crippen molar-refractivity contribution in [3.63, 3.8) is 0 Å². The Morgan fingerprint density at radius 2 is 1.91 bits per heavy atom. The summed E-state index contributed by atoms with van der Waals surface area (Å²) in [6, 6.07) is 3.59. The van der Waals surface area contributed by atoms with Crippen LogP contribution in [0.4, 0.5) is 5.69 Å². The van der Waals surface area contributed by atoms with E-state index in [2.05, 4.69) is 0 Å². The van der Waals surface area contributed by atoms with Gasteiger partial charge in [0.25, 0.3) is 0 Å². The first-order valence-electron chi connectivity index (χ1n) is 6.38. The van der Waals surface area contributed by atoms with Gasteiger partial charge < -0.3 is 15.1 Å². The monoisotopic (exact) mass is 323 g/mol. The van der Waals surface area contributed by atoms with Crippen molar-refractivity contribution in [2.75, 3.05) is 11.4 Å². The predicted molar refractivity (Wildman–Crippen MR) is 79.4 cm³/mol. The summed E-state index contributed by atoms with van der Waals surface area (Å²) < 4.78 is 0. The second-order valence-electron chi connectivity index (χ2n) is 4.78. The highest BCUT2D eigenvalue weighted by Gasteiger charge is 2.34. The summed E-state index contributed by atoms with van der Waals surface area (Å²) in [4.78, 5) is 46.7. The largest absolute Gasteiger partial charge is 0.478 e. The van der Waals surface area contributed by atoms with Crippen LogP contribution in [0.15, 0.2) is 18.2 Å². The van der Waals surface area contributed by atoms with Gasteiger partial charge in [-0.2, -0.15) is 0 Å². The second-order valence-corrected chi connectivity index (χ2v) is 6.26. The summed E-state index contributed by atoms with van der Waals surface area (Å²) in [6.45, 7) is 1.62. The minimum absolute atomic E-state index is 0.112. The molecule has 1 aliphatic rings. The van der Waals surface area contributed by atoms with E-state index in [9.17, 15) is 24.3 Å². The van der Waals surface area contributed by atoms with E-state index in [1.54, 1.807) is 0 Å². The Hall–Kier alpha value is -2.35. The molecule has 0 aliphatic carbocycles. The van der Waals surface area contributed by atoms with E-state index in [-0.39, 0.29) is 46.1 Å². The molecule has 1 aromatic carbocycles. The molecule has 0 saturated carbocycles. The van der Waals surface area contributed by atoms with Crippen LogP contribution in [0.1, 0.15) is 34.1 Å². The molecule has 0 spiro atoms. The first kappa shape index (κ1) is 16.0. The number of rotatable bonds is 4. The van der Waals surface area contributed by atoms with E-state index in [1.807, 2.05) is 0 Å². The van der Waals surface area contributed by atoms with E-state index in [4.69, 9.17) is 5.11 Å². The van der Waals surface area contributed by atoms with E-state index in [0.717, 1.165) is 17.8 Å². The van der Waals surface area contributed by atoms with E-state index < -0.39 is 11.9 Å². The molecule has 1 aliphatic heterocycles. The number of carbonyl (C=O) groups is 4. The average Bonchev–Trinajstić information content (AvgIpc) is 2.77. The van der Waals surface area contributed by atoms with Gasteiger partial charge in [-0.3, -0.25) is 9.59 Å². The Bertz CT molecular complexity index is 671. The summed E-state index contributed by atoms with van der Waals surface area (Å²) in [7, 11) is 0. The van der Waals surface area contributed by atoms with Gasteiger partial charge in [0.2, 0.25) is 5.91 Å². The number of benzene rings is 1. The molecule has 2 rings (SSSR count). The van der Waals surface area contributed by atoms with Crippen molar-refractivity contribution < 1.29 is 29.4 Å². The molecule has 2 N–H and O–H groups in total. The zero-order valence-electron chi connectivity index (χ0n) is 11.6. The van der Waals surface area contributed by atoms with Crippen LogP contribution in [0.3, 0.4) is 0 Å². The standard InChI is InChI=1S/C14H13NO6S/c1-7(16)22-9-5-12(17)15(6-9)11-3-2-8(13(18)19)4-10(11)14(20)21/h2-4,9H,5-6H2,1H3,(H,18,19)(H,20,21). The van der Waals surface area contributed by atoms with Crippen LogP contribution in [0.5, 0.6) is 0 Å². The molecule has 1 aromatic rings. The first-order valence-corrected chi connectivity index (χ1v) is 7.25. The summed E-state index contributed by atoms with van der Waals surface area (Å²) >= 11 is 1.04. The van der Waals surface area contributed by atoms with Gasteiger partial charge >= 0.3 is 11.9 Å². The quantitative estimate of drug-likeness (QED) is 0.862. The molecule has 1 heterocycles. The highest BCUT2D eigenvalue weighted by Crippen LogP contribution is 2.31. The third-order valence-corrected chi connectivity index (χ3v) is 4.17. The van der Waals surface area contributed by atoms with Crippen molar-refractivity contribution in [3.05, 3.63) is 29.3 Å². The Labute approximate surface area is 129 Å². The molecule has 1 atom stereocenters. The fourth-order valence-electron chi connectivity index (χ4n) is 2.30. The lowest BCUT2D eigenvalue weighted by Crippen LogP contribution is -2.27. The fraction of sp³-hybridized carbons (Fsp3) is 0.286. The van der Waals surface area contributed by atoms with Crippen LogP contribution < -0.4 is 4.90 Å². The molecule has 0 aromatic heterocycles. The number of anilines is 1. The summed E-state index contributed by atoms with van der Waals surface area (Å²) in [5, 5.41) is 17.8. The number of carboxylic acid groups (broad SMARTS) is 2. The van der Waals surface area contributed by atoms with Crippen LogP contribution >= 0.6 is 11.8 Å². The van der Waals surface area contributed by atoms with Crippen LogP contribution in [0.25, 0.3) is 0 Å². The number of hydrogen-bond acceptors (Lipinski definition) is 5. The van der Waals surface area contributed by atoms with Gasteiger partial charge in [-0.15, -0.1) is 0 Å². The second kappa shape index (κ2) is 6.18. The lowest BCUT2D eigenvalue weighted by Gasteiger charge is -2.19. The molecule has 1 fully saturated rings. The lowest BCUT2D eigenvalue weighted by molar-refractivity contribution is -0.117. The Kier molecular flexibility index (Phi) is 4.51. The third-order valence-electron chi connectivity index (χ3n) is 3.19. The van der Waals surface area contributed by atoms with Gasteiger partial charge in [-0.05, 0) is 18.2 Å². The molecular weight excluding hydrogens is 310 g/mol. The number of carboxylic acids is 2. The highest BCUT2D eigenvalue weighted by atomic mass is 32.2. The van der Waals surface area contributed by atoms with Gasteiger partial charge in [0.1, 0.15) is 0 Å². The maximum atomic E-state index is 12.1. The smallest absolute Gasteiger partial charge is 0.337 e. The zero-order chi connectivity index (χ0) is 16.4. The normalized spacial score (nSPS) is 17.6. The number of nitrogens with zero attached hydrogens (tertiary/aromatic N) is 1. The van der Waals surface area contributed by atoms with Crippen LogP contribution in [0.2, 0.25) is 0 Å². The zero-order valence-corrected chi connectivity index (χ0v) is 12.4. The van der Waals surface area contributed by atoms with Gasteiger partial charge in [0.15, 0.2) is 5.12 Å². The first-order chi connectivity index (χ1) is 10.3. The topological polar surface area (TPSA) is 112 Å². The third kappa shape index (κ3) is 3.28. The number of aromatic carboxylic acids is 2. The van der Waals surface area contributed by atoms with Crippen molar-refractivity contribution in [1.82, 2.24) is 0 Å². The van der Waals surface area contributed by atoms with Gasteiger partial charge in [-0.1, -0.05) is 11.8 Å². The minimum atomic E-state index is -1.31. The van der Waals surface area contributed by atoms with Crippen LogP contribution in [0, 0.1) is 0 Å². The lowest BCUT2D eigenvalue weighted by atomic mass is 10.1. The van der Waals surface area contributed by atoms with Crippen LogP contribution in [-0.2, 0) is 9.59 Å². The maximum Gasteiger partial charge on any atom is 0.337 e. The van der Waals surface area contributed by atoms with Crippen molar-refractivity contribution in [2.45, 2.75) is 18.6 Å². The molecule has 1 amide bonds. The number of carbonyl (C=O) groups excluding carboxylic acids is 2. The number of thioether (sulfide) groups is 1. The van der Waals surface area contributed by atoms with E-state index in [1.165, 1.54) is 24.0 Å². The molecule has 22 heavy (non-hydrogen) atoms. The molecule has 0 bridgehead atoms. The Morgan fingerprint density at radius 3 is 2.45 bits per heavy atom. The number of amides is 1. The molecule has 7 nitrogen and oxygen atoms in total. The molecule has 0 radical (unpaired) electrons. The van der Waals surface area contributed by atoms with Crippen molar-refractivity contribution in [1.29, 1.82) is 0 Å². The molecule has 116 valence electrons. The Balaban J connectivity index is 2.36. The molecule has 8 heteroatoms.